The number of hydrogen-bond donors (Lipinski definition) is 0. The number of rotatable bonds is 1. The van der Waals surface area contributed by atoms with E-state index in [1.54, 1.807) is 12.1 Å². The standard InChI is InChI=1S/C6H4NO2.K.H2N/c8-7(9)6-4-2-1-3-5-6;;/h1-2,4-5H;;1H2/q-1;+1;-1. The van der Waals surface area contributed by atoms with Crippen LogP contribution in [0.4, 0.5) is 5.69 Å². The van der Waals surface area contributed by atoms with Crippen LogP contribution in [-0.4, -0.2) is 4.92 Å². The van der Waals surface area contributed by atoms with Crippen molar-refractivity contribution in [2.24, 2.45) is 0 Å². The average Bonchev–Trinajstić information content (AvgIpc) is 1.90. The van der Waals surface area contributed by atoms with E-state index in [4.69, 9.17) is 0 Å². The largest absolute Gasteiger partial charge is 1.00 e. The number of benzene rings is 1. The maximum absolute atomic E-state index is 9.99. The number of non-ortho nitro benzene ring substituents is 1. The Morgan fingerprint density at radius 2 is 2.18 bits per heavy atom. The summed E-state index contributed by atoms with van der Waals surface area (Å²) >= 11 is 0. The number of nitrogens with two attached hydrogens (primary N) is 1. The summed E-state index contributed by atoms with van der Waals surface area (Å²) in [6, 6.07) is 8.56. The topological polar surface area (TPSA) is 76.6 Å². The van der Waals surface area contributed by atoms with Gasteiger partial charge < -0.3 is 6.15 Å². The Morgan fingerprint density at radius 1 is 1.55 bits per heavy atom. The molecule has 1 aromatic rings. The van der Waals surface area contributed by atoms with Gasteiger partial charge in [-0.3, -0.25) is 10.1 Å². The first-order chi connectivity index (χ1) is 4.30. The van der Waals surface area contributed by atoms with Gasteiger partial charge in [-0.15, -0.1) is 6.07 Å². The first kappa shape index (κ1) is 13.8. The maximum atomic E-state index is 9.99. The zero-order valence-corrected chi connectivity index (χ0v) is 9.27. The second-order valence-corrected chi connectivity index (χ2v) is 1.52. The molecule has 0 saturated carbocycles. The van der Waals surface area contributed by atoms with Crippen LogP contribution in [-0.2, 0) is 0 Å². The van der Waals surface area contributed by atoms with Crippen molar-refractivity contribution in [3.8, 4) is 0 Å². The van der Waals surface area contributed by atoms with Crippen LogP contribution in [0, 0.1) is 16.2 Å². The number of hydrogen-bond acceptors (Lipinski definition) is 2. The Hall–Kier alpha value is 0.216. The zero-order valence-electron chi connectivity index (χ0n) is 6.15. The zero-order chi connectivity index (χ0) is 6.69. The Balaban J connectivity index is 0. The van der Waals surface area contributed by atoms with Gasteiger partial charge in [0, 0.05) is 4.92 Å². The smallest absolute Gasteiger partial charge is 0.693 e. The fraction of sp³-hybridized carbons (Fsp3) is 0. The van der Waals surface area contributed by atoms with Crippen LogP contribution in [0.5, 0.6) is 0 Å². The van der Waals surface area contributed by atoms with E-state index in [9.17, 15) is 10.1 Å². The molecule has 5 heteroatoms. The number of nitro benzene ring substituents is 1. The van der Waals surface area contributed by atoms with Gasteiger partial charge in [-0.25, -0.2) is 0 Å². The molecule has 0 radical (unpaired) electrons. The van der Waals surface area contributed by atoms with E-state index in [-0.39, 0.29) is 63.2 Å². The summed E-state index contributed by atoms with van der Waals surface area (Å²) in [5.41, 5.74) is 0.0810. The molecule has 0 unspecified atom stereocenters. The van der Waals surface area contributed by atoms with Crippen LogP contribution in [0.25, 0.3) is 6.15 Å². The molecule has 1 aromatic carbocycles. The first-order valence-corrected chi connectivity index (χ1v) is 2.41. The average molecular weight is 177 g/mol. The Labute approximate surface area is 107 Å². The van der Waals surface area contributed by atoms with E-state index >= 15 is 0 Å². The molecule has 11 heavy (non-hydrogen) atoms. The molecular weight excluding hydrogens is 171 g/mol. The normalized spacial score (nSPS) is 7.27. The first-order valence-electron chi connectivity index (χ1n) is 2.41. The van der Waals surface area contributed by atoms with Gasteiger partial charge in [-0.2, -0.15) is 18.2 Å². The Morgan fingerprint density at radius 3 is 2.45 bits per heavy atom. The van der Waals surface area contributed by atoms with E-state index in [1.165, 1.54) is 12.1 Å². The van der Waals surface area contributed by atoms with Crippen molar-refractivity contribution in [1.29, 1.82) is 0 Å². The monoisotopic (exact) mass is 177 g/mol. The number of nitrogens with zero attached hydrogens (tertiary/aromatic N) is 1. The summed E-state index contributed by atoms with van der Waals surface area (Å²) in [5.74, 6) is 0. The molecule has 0 fully saturated rings. The van der Waals surface area contributed by atoms with Gasteiger partial charge in [0.15, 0.2) is 5.69 Å². The molecule has 0 bridgehead atoms. The van der Waals surface area contributed by atoms with Gasteiger partial charge in [-0.1, -0.05) is 6.07 Å². The minimum atomic E-state index is -0.448. The van der Waals surface area contributed by atoms with Crippen LogP contribution in [0.15, 0.2) is 24.3 Å². The van der Waals surface area contributed by atoms with Crippen molar-refractivity contribution in [3.05, 3.63) is 46.6 Å². The van der Waals surface area contributed by atoms with Crippen molar-refractivity contribution in [1.82, 2.24) is 0 Å². The Kier molecular flexibility index (Phi) is 8.64. The summed E-state index contributed by atoms with van der Waals surface area (Å²) in [5, 5.41) is 9.99. The van der Waals surface area contributed by atoms with E-state index in [0.29, 0.717) is 0 Å². The molecule has 0 atom stereocenters. The van der Waals surface area contributed by atoms with Crippen LogP contribution in [0.1, 0.15) is 0 Å². The van der Waals surface area contributed by atoms with Crippen molar-refractivity contribution in [2.75, 3.05) is 0 Å². The van der Waals surface area contributed by atoms with Gasteiger partial charge in [-0.05, 0) is 0 Å². The van der Waals surface area contributed by atoms with E-state index in [1.807, 2.05) is 0 Å². The summed E-state index contributed by atoms with van der Waals surface area (Å²) in [6.07, 6.45) is 0. The van der Waals surface area contributed by atoms with E-state index in [2.05, 4.69) is 6.07 Å². The Bertz CT molecular complexity index is 215. The third-order valence-electron chi connectivity index (χ3n) is 0.901. The summed E-state index contributed by atoms with van der Waals surface area (Å²) in [4.78, 5) is 9.54. The SMILES string of the molecule is O=[N+]([O-])c1c[c-]ccc1.[K+].[NH2-]. The van der Waals surface area contributed by atoms with Crippen molar-refractivity contribution >= 4 is 5.69 Å². The minimum Gasteiger partial charge on any atom is -0.693 e. The summed E-state index contributed by atoms with van der Waals surface area (Å²) in [6.45, 7) is 0. The minimum absolute atomic E-state index is 0. The molecule has 0 aromatic heterocycles. The number of nitro groups is 1. The fourth-order valence-corrected chi connectivity index (χ4v) is 0.497. The molecule has 0 spiro atoms. The summed E-state index contributed by atoms with van der Waals surface area (Å²) < 4.78 is 0. The molecule has 2 N–H and O–H groups in total. The molecule has 0 aliphatic carbocycles. The molecule has 54 valence electrons. The fourth-order valence-electron chi connectivity index (χ4n) is 0.497. The van der Waals surface area contributed by atoms with Crippen molar-refractivity contribution < 1.29 is 56.3 Å². The van der Waals surface area contributed by atoms with Gasteiger partial charge in [0.05, 0.1) is 0 Å². The van der Waals surface area contributed by atoms with Crippen LogP contribution >= 0.6 is 0 Å². The summed E-state index contributed by atoms with van der Waals surface area (Å²) in [7, 11) is 0. The van der Waals surface area contributed by atoms with Crippen LogP contribution < -0.4 is 51.4 Å². The third kappa shape index (κ3) is 4.62. The molecule has 0 aliphatic rings. The van der Waals surface area contributed by atoms with Crippen molar-refractivity contribution in [3.63, 3.8) is 0 Å². The van der Waals surface area contributed by atoms with Gasteiger partial charge in [0.1, 0.15) is 0 Å². The molecule has 4 nitrogen and oxygen atoms in total. The second kappa shape index (κ2) is 6.90. The predicted molar refractivity (Wildman–Crippen MR) is 37.2 cm³/mol. The molecule has 0 heterocycles. The molecular formula is C6H6KN2O2-. The van der Waals surface area contributed by atoms with Crippen LogP contribution in [0.2, 0.25) is 0 Å². The second-order valence-electron chi connectivity index (χ2n) is 1.52. The van der Waals surface area contributed by atoms with Gasteiger partial charge in [0.2, 0.25) is 0 Å². The molecule has 0 aliphatic heterocycles. The van der Waals surface area contributed by atoms with E-state index in [0.717, 1.165) is 0 Å². The van der Waals surface area contributed by atoms with Crippen molar-refractivity contribution in [2.45, 2.75) is 0 Å². The predicted octanol–water partition coefficient (Wildman–Crippen LogP) is -0.884. The molecule has 0 saturated heterocycles. The third-order valence-corrected chi connectivity index (χ3v) is 0.901. The maximum Gasteiger partial charge on any atom is 1.00 e. The van der Waals surface area contributed by atoms with Gasteiger partial charge >= 0.3 is 51.4 Å². The van der Waals surface area contributed by atoms with Crippen LogP contribution in [0.3, 0.4) is 0 Å². The molecule has 1 rings (SSSR count). The molecule has 0 amide bonds. The van der Waals surface area contributed by atoms with E-state index < -0.39 is 4.92 Å². The van der Waals surface area contributed by atoms with Gasteiger partial charge in [0.25, 0.3) is 0 Å². The quantitative estimate of drug-likeness (QED) is 0.241.